The molecule has 0 atom stereocenters. The molecule has 1 aliphatic heterocycles. The van der Waals surface area contributed by atoms with E-state index in [4.69, 9.17) is 0 Å². The summed E-state index contributed by atoms with van der Waals surface area (Å²) in [5.74, 6) is -0.889. The molecule has 0 saturated carbocycles. The van der Waals surface area contributed by atoms with Crippen LogP contribution >= 0.6 is 0 Å². The van der Waals surface area contributed by atoms with Crippen molar-refractivity contribution < 1.29 is 18.4 Å². The molecule has 1 aromatic carbocycles. The molecule has 0 aromatic heterocycles. The smallest absolute Gasteiger partial charge is 0.282 e. The summed E-state index contributed by atoms with van der Waals surface area (Å²) in [6, 6.07) is 2.98. The van der Waals surface area contributed by atoms with Gasteiger partial charge < -0.3 is 5.11 Å². The Morgan fingerprint density at radius 1 is 1.33 bits per heavy atom. The Morgan fingerprint density at radius 3 is 2.60 bits per heavy atom. The molecule has 0 N–H and O–H groups in total. The zero-order valence-corrected chi connectivity index (χ0v) is 7.89. The number of fused-ring (bicyclic) bond motifs is 1. The van der Waals surface area contributed by atoms with Gasteiger partial charge in [0, 0.05) is 23.6 Å². The lowest BCUT2D eigenvalue weighted by Crippen LogP contribution is -2.16. The van der Waals surface area contributed by atoms with Gasteiger partial charge in [0.15, 0.2) is 0 Å². The first-order valence-electron chi connectivity index (χ1n) is 3.72. The fraction of sp³-hybridized carbons (Fsp3) is 0. The van der Waals surface area contributed by atoms with Gasteiger partial charge in [-0.1, -0.05) is 0 Å². The van der Waals surface area contributed by atoms with Crippen molar-refractivity contribution in [3.63, 3.8) is 0 Å². The molecular weight excluding hydrogens is 224 g/mol. The molecular formula is C7H3N2O5S-. The van der Waals surface area contributed by atoms with E-state index in [1.54, 1.807) is 0 Å². The molecule has 2 rings (SSSR count). The zero-order chi connectivity index (χ0) is 11.2. The average Bonchev–Trinajstić information content (AvgIpc) is 2.37. The summed E-state index contributed by atoms with van der Waals surface area (Å²) >= 11 is 0. The van der Waals surface area contributed by atoms with Gasteiger partial charge >= 0.3 is 0 Å². The predicted octanol–water partition coefficient (Wildman–Crippen LogP) is -0.596. The van der Waals surface area contributed by atoms with Crippen molar-refractivity contribution in [2.24, 2.45) is 4.40 Å². The van der Waals surface area contributed by atoms with Gasteiger partial charge in [-0.05, 0) is 6.07 Å². The molecule has 0 fully saturated rings. The molecule has 8 heteroatoms. The summed E-state index contributed by atoms with van der Waals surface area (Å²) in [6.45, 7) is 0. The number of nitro benzene ring substituents is 1. The van der Waals surface area contributed by atoms with Gasteiger partial charge in [0.25, 0.3) is 15.7 Å². The second-order valence-electron chi connectivity index (χ2n) is 2.81. The molecule has 1 heterocycles. The first-order valence-corrected chi connectivity index (χ1v) is 5.16. The van der Waals surface area contributed by atoms with E-state index in [-0.39, 0.29) is 11.3 Å². The topological polar surface area (TPSA) is 113 Å². The Hall–Kier alpha value is -1.96. The van der Waals surface area contributed by atoms with Crippen LogP contribution in [-0.4, -0.2) is 19.2 Å². The van der Waals surface area contributed by atoms with Crippen molar-refractivity contribution in [2.75, 3.05) is 0 Å². The lowest BCUT2D eigenvalue weighted by molar-refractivity contribution is -0.385. The van der Waals surface area contributed by atoms with Gasteiger partial charge in [-0.25, -0.2) is 0 Å². The van der Waals surface area contributed by atoms with Crippen LogP contribution in [0.1, 0.15) is 5.56 Å². The predicted molar refractivity (Wildman–Crippen MR) is 46.8 cm³/mol. The van der Waals surface area contributed by atoms with Crippen LogP contribution in [0, 0.1) is 10.1 Å². The van der Waals surface area contributed by atoms with Gasteiger partial charge in [0.1, 0.15) is 4.90 Å². The quantitative estimate of drug-likeness (QED) is 0.469. The highest BCUT2D eigenvalue weighted by Crippen LogP contribution is 2.28. The van der Waals surface area contributed by atoms with E-state index in [0.717, 1.165) is 18.2 Å². The van der Waals surface area contributed by atoms with E-state index < -0.39 is 25.7 Å². The van der Waals surface area contributed by atoms with Crippen LogP contribution < -0.4 is 5.11 Å². The normalized spacial score (nSPS) is 16.9. The number of benzene rings is 1. The van der Waals surface area contributed by atoms with Crippen molar-refractivity contribution in [1.82, 2.24) is 0 Å². The SMILES string of the molecule is O=[N+]([O-])c1ccc2c(c1)S(=O)(=O)N=C2[O-]. The molecule has 7 nitrogen and oxygen atoms in total. The summed E-state index contributed by atoms with van der Waals surface area (Å²) in [5, 5.41) is 21.4. The monoisotopic (exact) mass is 227 g/mol. The molecule has 0 bridgehead atoms. The second kappa shape index (κ2) is 2.76. The van der Waals surface area contributed by atoms with Crippen molar-refractivity contribution in [3.05, 3.63) is 33.9 Å². The molecule has 0 unspecified atom stereocenters. The maximum absolute atomic E-state index is 11.2. The molecule has 78 valence electrons. The minimum atomic E-state index is -4.04. The molecule has 0 amide bonds. The fourth-order valence-corrected chi connectivity index (χ4v) is 2.34. The minimum absolute atomic E-state index is 0.124. The van der Waals surface area contributed by atoms with E-state index >= 15 is 0 Å². The fourth-order valence-electron chi connectivity index (χ4n) is 1.22. The van der Waals surface area contributed by atoms with Crippen LogP contribution in [-0.2, 0) is 10.0 Å². The maximum Gasteiger partial charge on any atom is 0.282 e. The van der Waals surface area contributed by atoms with Crippen LogP contribution in [0.15, 0.2) is 27.5 Å². The highest BCUT2D eigenvalue weighted by molar-refractivity contribution is 7.90. The second-order valence-corrected chi connectivity index (χ2v) is 4.38. The summed E-state index contributed by atoms with van der Waals surface area (Å²) in [4.78, 5) is 9.25. The highest BCUT2D eigenvalue weighted by Gasteiger charge is 2.26. The maximum atomic E-state index is 11.2. The van der Waals surface area contributed by atoms with Crippen LogP contribution in [0.25, 0.3) is 0 Å². The molecule has 0 aliphatic carbocycles. The van der Waals surface area contributed by atoms with E-state index in [2.05, 4.69) is 4.40 Å². The summed E-state index contributed by atoms with van der Waals surface area (Å²) in [5.41, 5.74) is -0.511. The Balaban J connectivity index is 2.73. The third kappa shape index (κ3) is 1.34. The Labute approximate surface area is 83.9 Å². The number of nitro groups is 1. The summed E-state index contributed by atoms with van der Waals surface area (Å²) in [6.07, 6.45) is 0. The van der Waals surface area contributed by atoms with Crippen LogP contribution in [0.3, 0.4) is 0 Å². The lowest BCUT2D eigenvalue weighted by atomic mass is 10.2. The summed E-state index contributed by atoms with van der Waals surface area (Å²) < 4.78 is 25.4. The Morgan fingerprint density at radius 2 is 2.00 bits per heavy atom. The van der Waals surface area contributed by atoms with Crippen molar-refractivity contribution in [1.29, 1.82) is 0 Å². The number of hydrogen-bond donors (Lipinski definition) is 0. The van der Waals surface area contributed by atoms with Gasteiger partial charge in [-0.15, -0.1) is 0 Å². The van der Waals surface area contributed by atoms with E-state index in [1.807, 2.05) is 0 Å². The molecule has 0 radical (unpaired) electrons. The molecule has 0 saturated heterocycles. The summed E-state index contributed by atoms with van der Waals surface area (Å²) in [7, 11) is -4.04. The first kappa shape index (κ1) is 9.59. The number of hydrogen-bond acceptors (Lipinski definition) is 5. The zero-order valence-electron chi connectivity index (χ0n) is 7.08. The van der Waals surface area contributed by atoms with Crippen molar-refractivity contribution in [3.8, 4) is 0 Å². The van der Waals surface area contributed by atoms with Gasteiger partial charge in [-0.3, -0.25) is 10.1 Å². The Kier molecular flexibility index (Phi) is 1.77. The first-order chi connectivity index (χ1) is 6.92. The average molecular weight is 227 g/mol. The number of non-ortho nitro benzene ring substituents is 1. The molecule has 1 aromatic rings. The van der Waals surface area contributed by atoms with E-state index in [9.17, 15) is 23.6 Å². The van der Waals surface area contributed by atoms with Crippen LogP contribution in [0.4, 0.5) is 5.69 Å². The van der Waals surface area contributed by atoms with Gasteiger partial charge in [0.2, 0.25) is 0 Å². The number of rotatable bonds is 1. The number of nitrogens with zero attached hydrogens (tertiary/aromatic N) is 2. The van der Waals surface area contributed by atoms with Gasteiger partial charge in [0.05, 0.1) is 4.92 Å². The van der Waals surface area contributed by atoms with E-state index in [1.165, 1.54) is 0 Å². The van der Waals surface area contributed by atoms with Crippen molar-refractivity contribution >= 4 is 21.6 Å². The molecule has 15 heavy (non-hydrogen) atoms. The largest absolute Gasteiger partial charge is 0.858 e. The molecule has 1 aliphatic rings. The third-order valence-corrected chi connectivity index (χ3v) is 3.19. The van der Waals surface area contributed by atoms with Gasteiger partial charge in [-0.2, -0.15) is 12.8 Å². The van der Waals surface area contributed by atoms with E-state index in [0.29, 0.717) is 0 Å². The van der Waals surface area contributed by atoms with Crippen LogP contribution in [0.5, 0.6) is 0 Å². The lowest BCUT2D eigenvalue weighted by Gasteiger charge is -2.02. The highest BCUT2D eigenvalue weighted by atomic mass is 32.2. The third-order valence-electron chi connectivity index (χ3n) is 1.89. The molecule has 0 spiro atoms. The van der Waals surface area contributed by atoms with Crippen molar-refractivity contribution in [2.45, 2.75) is 4.90 Å². The standard InChI is InChI=1S/C7H4N2O5S/c10-7-5-2-1-4(9(11)12)3-6(5)15(13,14)8-7/h1-3H,(H,8,10)/p-1. The minimum Gasteiger partial charge on any atom is -0.858 e. The number of sulfonamides is 1. The Bertz CT molecular complexity index is 589. The van der Waals surface area contributed by atoms with Crippen LogP contribution in [0.2, 0.25) is 0 Å².